The number of carbonyl (C=O) groups is 1. The maximum absolute atomic E-state index is 12.4. The molecular formula is C14H19N5OS. The lowest BCUT2D eigenvalue weighted by Gasteiger charge is -2.24. The smallest absolute Gasteiger partial charge is 0.318 e. The van der Waals surface area contributed by atoms with Gasteiger partial charge in [-0.2, -0.15) is 11.3 Å². The summed E-state index contributed by atoms with van der Waals surface area (Å²) in [6.45, 7) is 1.44. The van der Waals surface area contributed by atoms with Crippen LogP contribution >= 0.6 is 11.3 Å². The first-order valence-corrected chi connectivity index (χ1v) is 8.09. The molecule has 0 aliphatic carbocycles. The first kappa shape index (κ1) is 14.1. The Labute approximate surface area is 127 Å². The Balaban J connectivity index is 1.57. The fourth-order valence-corrected chi connectivity index (χ4v) is 3.43. The Hall–Kier alpha value is -1.89. The van der Waals surface area contributed by atoms with Crippen LogP contribution in [0.4, 0.5) is 4.79 Å². The molecule has 0 spiro atoms. The second kappa shape index (κ2) is 6.26. The van der Waals surface area contributed by atoms with Gasteiger partial charge in [0.2, 0.25) is 0 Å². The topological polar surface area (TPSA) is 63.1 Å². The van der Waals surface area contributed by atoms with E-state index < -0.39 is 0 Å². The third kappa shape index (κ3) is 3.07. The Morgan fingerprint density at radius 1 is 1.57 bits per heavy atom. The van der Waals surface area contributed by atoms with E-state index in [-0.39, 0.29) is 12.1 Å². The molecule has 0 saturated carbocycles. The van der Waals surface area contributed by atoms with Crippen molar-refractivity contribution in [2.75, 3.05) is 13.1 Å². The zero-order valence-corrected chi connectivity index (χ0v) is 12.8. The van der Waals surface area contributed by atoms with E-state index in [9.17, 15) is 4.79 Å². The van der Waals surface area contributed by atoms with Gasteiger partial charge in [0.25, 0.3) is 0 Å². The molecular weight excluding hydrogens is 286 g/mol. The zero-order chi connectivity index (χ0) is 14.7. The lowest BCUT2D eigenvalue weighted by atomic mass is 10.2. The van der Waals surface area contributed by atoms with E-state index in [0.29, 0.717) is 6.54 Å². The highest BCUT2D eigenvalue weighted by Gasteiger charge is 2.32. The van der Waals surface area contributed by atoms with Gasteiger partial charge in [0.05, 0.1) is 6.04 Å². The summed E-state index contributed by atoms with van der Waals surface area (Å²) in [5.41, 5.74) is 1.27. The number of rotatable bonds is 4. The van der Waals surface area contributed by atoms with Crippen molar-refractivity contribution in [2.45, 2.75) is 25.3 Å². The lowest BCUT2D eigenvalue weighted by Crippen LogP contribution is -2.40. The van der Waals surface area contributed by atoms with Crippen LogP contribution in [0.2, 0.25) is 0 Å². The van der Waals surface area contributed by atoms with Crippen LogP contribution in [0.15, 0.2) is 23.2 Å². The fraction of sp³-hybridized carbons (Fsp3) is 0.500. The highest BCUT2D eigenvalue weighted by molar-refractivity contribution is 7.07. The number of likely N-dealkylation sites (tertiary alicyclic amines) is 1. The van der Waals surface area contributed by atoms with Gasteiger partial charge in [-0.25, -0.2) is 4.79 Å². The number of nitrogens with one attached hydrogen (secondary N) is 1. The van der Waals surface area contributed by atoms with E-state index in [2.05, 4.69) is 32.3 Å². The molecule has 112 valence electrons. The molecule has 1 atom stereocenters. The number of amides is 2. The molecule has 1 fully saturated rings. The molecule has 2 aromatic rings. The number of aryl methyl sites for hydroxylation is 1. The van der Waals surface area contributed by atoms with Gasteiger partial charge in [-0.3, -0.25) is 0 Å². The lowest BCUT2D eigenvalue weighted by molar-refractivity contribution is 0.190. The minimum atomic E-state index is -0.00395. The predicted molar refractivity (Wildman–Crippen MR) is 81.1 cm³/mol. The SMILES string of the molecule is Cn1cnnc1[C@@H]1CCCN1C(=O)NCCc1ccsc1. The quantitative estimate of drug-likeness (QED) is 0.939. The fourth-order valence-electron chi connectivity index (χ4n) is 2.72. The first-order chi connectivity index (χ1) is 10.3. The standard InChI is InChI=1S/C14H19N5OS/c1-18-10-16-17-13(18)12-3-2-7-19(12)14(20)15-6-4-11-5-8-21-9-11/h5,8-10,12H,2-4,6-7H2,1H3,(H,15,20)/t12-/m0/s1. The molecule has 6 nitrogen and oxygen atoms in total. The van der Waals surface area contributed by atoms with Crippen molar-refractivity contribution in [3.63, 3.8) is 0 Å². The highest BCUT2D eigenvalue weighted by atomic mass is 32.1. The largest absolute Gasteiger partial charge is 0.338 e. The van der Waals surface area contributed by atoms with E-state index >= 15 is 0 Å². The van der Waals surface area contributed by atoms with Crippen molar-refractivity contribution in [1.82, 2.24) is 25.0 Å². The maximum Gasteiger partial charge on any atom is 0.318 e. The summed E-state index contributed by atoms with van der Waals surface area (Å²) >= 11 is 1.68. The van der Waals surface area contributed by atoms with Crippen molar-refractivity contribution in [3.05, 3.63) is 34.5 Å². The van der Waals surface area contributed by atoms with Crippen molar-refractivity contribution in [2.24, 2.45) is 7.05 Å². The number of aromatic nitrogens is 3. The van der Waals surface area contributed by atoms with Gasteiger partial charge in [-0.15, -0.1) is 10.2 Å². The number of hydrogen-bond acceptors (Lipinski definition) is 4. The number of thiophene rings is 1. The Kier molecular flexibility index (Phi) is 4.19. The van der Waals surface area contributed by atoms with Crippen molar-refractivity contribution >= 4 is 17.4 Å². The number of urea groups is 1. The normalized spacial score (nSPS) is 18.1. The molecule has 1 aliphatic rings. The Bertz CT molecular complexity index is 594. The minimum absolute atomic E-state index is 0.00395. The number of nitrogens with zero attached hydrogens (tertiary/aromatic N) is 4. The molecule has 0 unspecified atom stereocenters. The Morgan fingerprint density at radius 3 is 3.19 bits per heavy atom. The number of hydrogen-bond donors (Lipinski definition) is 1. The summed E-state index contributed by atoms with van der Waals surface area (Å²) in [5, 5.41) is 15.2. The van der Waals surface area contributed by atoms with Crippen molar-refractivity contribution in [1.29, 1.82) is 0 Å². The van der Waals surface area contributed by atoms with Crippen LogP contribution in [0.25, 0.3) is 0 Å². The van der Waals surface area contributed by atoms with Gasteiger partial charge in [0.15, 0.2) is 5.82 Å². The van der Waals surface area contributed by atoms with E-state index in [1.807, 2.05) is 16.5 Å². The second-order valence-electron chi connectivity index (χ2n) is 5.26. The zero-order valence-electron chi connectivity index (χ0n) is 12.0. The molecule has 2 amide bonds. The second-order valence-corrected chi connectivity index (χ2v) is 6.05. The van der Waals surface area contributed by atoms with Crippen molar-refractivity contribution in [3.8, 4) is 0 Å². The Morgan fingerprint density at radius 2 is 2.48 bits per heavy atom. The maximum atomic E-state index is 12.4. The predicted octanol–water partition coefficient (Wildman–Crippen LogP) is 1.97. The molecule has 0 aromatic carbocycles. The van der Waals surface area contributed by atoms with Crippen LogP contribution < -0.4 is 5.32 Å². The van der Waals surface area contributed by atoms with Crippen LogP contribution in [0.1, 0.15) is 30.3 Å². The highest BCUT2D eigenvalue weighted by Crippen LogP contribution is 2.30. The van der Waals surface area contributed by atoms with Crippen LogP contribution in [-0.4, -0.2) is 38.8 Å². The summed E-state index contributed by atoms with van der Waals surface area (Å²) in [5.74, 6) is 0.862. The molecule has 3 rings (SSSR count). The van der Waals surface area contributed by atoms with Crippen LogP contribution in [0, 0.1) is 0 Å². The van der Waals surface area contributed by atoms with Gasteiger partial charge < -0.3 is 14.8 Å². The molecule has 7 heteroatoms. The molecule has 0 radical (unpaired) electrons. The molecule has 3 heterocycles. The van der Waals surface area contributed by atoms with E-state index in [1.165, 1.54) is 5.56 Å². The van der Waals surface area contributed by atoms with E-state index in [1.54, 1.807) is 17.7 Å². The average molecular weight is 305 g/mol. The molecule has 1 aliphatic heterocycles. The summed E-state index contributed by atoms with van der Waals surface area (Å²) in [4.78, 5) is 14.2. The molecule has 21 heavy (non-hydrogen) atoms. The summed E-state index contributed by atoms with van der Waals surface area (Å²) in [6, 6.07) is 2.13. The third-order valence-electron chi connectivity index (χ3n) is 3.83. The summed E-state index contributed by atoms with van der Waals surface area (Å²) in [7, 11) is 1.92. The molecule has 1 N–H and O–H groups in total. The summed E-state index contributed by atoms with van der Waals surface area (Å²) < 4.78 is 1.89. The number of carbonyl (C=O) groups excluding carboxylic acids is 1. The summed E-state index contributed by atoms with van der Waals surface area (Å²) in [6.07, 6.45) is 4.51. The van der Waals surface area contributed by atoms with Gasteiger partial charge in [0.1, 0.15) is 6.33 Å². The van der Waals surface area contributed by atoms with E-state index in [4.69, 9.17) is 0 Å². The van der Waals surface area contributed by atoms with Crippen LogP contribution in [0.5, 0.6) is 0 Å². The van der Waals surface area contributed by atoms with Crippen LogP contribution in [-0.2, 0) is 13.5 Å². The molecule has 2 aromatic heterocycles. The molecule has 0 bridgehead atoms. The monoisotopic (exact) mass is 305 g/mol. The van der Waals surface area contributed by atoms with Crippen molar-refractivity contribution < 1.29 is 4.79 Å². The van der Waals surface area contributed by atoms with Gasteiger partial charge in [-0.1, -0.05) is 0 Å². The minimum Gasteiger partial charge on any atom is -0.338 e. The van der Waals surface area contributed by atoms with Gasteiger partial charge in [-0.05, 0) is 41.7 Å². The van der Waals surface area contributed by atoms with Gasteiger partial charge in [0, 0.05) is 20.1 Å². The third-order valence-corrected chi connectivity index (χ3v) is 4.56. The van der Waals surface area contributed by atoms with E-state index in [0.717, 1.165) is 31.6 Å². The average Bonchev–Trinajstić information content (AvgIpc) is 3.18. The van der Waals surface area contributed by atoms with Gasteiger partial charge >= 0.3 is 6.03 Å². The first-order valence-electron chi connectivity index (χ1n) is 7.15. The molecule has 1 saturated heterocycles. The van der Waals surface area contributed by atoms with Crippen LogP contribution in [0.3, 0.4) is 0 Å².